The molecule has 7 nitrogen and oxygen atoms in total. The first-order valence-electron chi connectivity index (χ1n) is 10.8. The van der Waals surface area contributed by atoms with Crippen molar-refractivity contribution in [3.8, 4) is 6.07 Å². The molecule has 1 aliphatic heterocycles. The third-order valence-corrected chi connectivity index (χ3v) is 6.13. The lowest BCUT2D eigenvalue weighted by Crippen LogP contribution is -2.54. The average molecular weight is 401 g/mol. The third-order valence-electron chi connectivity index (χ3n) is 6.13. The van der Waals surface area contributed by atoms with Crippen LogP contribution in [0, 0.1) is 24.2 Å². The molecule has 1 saturated carbocycles. The van der Waals surface area contributed by atoms with Gasteiger partial charge in [0.1, 0.15) is 17.5 Å². The van der Waals surface area contributed by atoms with Crippen molar-refractivity contribution in [3.63, 3.8) is 0 Å². The van der Waals surface area contributed by atoms with Crippen LogP contribution >= 0.6 is 0 Å². The number of nitrogens with one attached hydrogen (secondary N) is 1. The lowest BCUT2D eigenvalue weighted by Gasteiger charge is -2.41. The zero-order valence-electron chi connectivity index (χ0n) is 17.5. The molecule has 158 valence electrons. The second-order valence-electron chi connectivity index (χ2n) is 8.11. The highest BCUT2D eigenvalue weighted by Crippen LogP contribution is 2.28. The molecular formula is C22H32N4O3. The molecule has 0 spiro atoms. The van der Waals surface area contributed by atoms with E-state index < -0.39 is 5.97 Å². The number of esters is 1. The largest absolute Gasteiger partial charge is 0.462 e. The highest BCUT2D eigenvalue weighted by Gasteiger charge is 2.33. The minimum absolute atomic E-state index is 0.0680. The van der Waals surface area contributed by atoms with Gasteiger partial charge in [-0.05, 0) is 39.2 Å². The molecule has 2 heterocycles. The summed E-state index contributed by atoms with van der Waals surface area (Å²) >= 11 is 0. The van der Waals surface area contributed by atoms with Gasteiger partial charge >= 0.3 is 5.97 Å². The Balaban J connectivity index is 1.79. The van der Waals surface area contributed by atoms with Crippen molar-refractivity contribution in [2.75, 3.05) is 31.2 Å². The fraction of sp³-hybridized carbons (Fsp3) is 0.682. The number of carbonyl (C=O) groups excluding carboxylic acids is 1. The number of nitriles is 1. The summed E-state index contributed by atoms with van der Waals surface area (Å²) in [6.07, 6.45) is 7.17. The minimum atomic E-state index is -0.463. The monoisotopic (exact) mass is 400 g/mol. The van der Waals surface area contributed by atoms with Gasteiger partial charge in [-0.15, -0.1) is 0 Å². The second kappa shape index (κ2) is 10.0. The zero-order chi connectivity index (χ0) is 20.8. The predicted octanol–water partition coefficient (Wildman–Crippen LogP) is 2.55. The first-order valence-corrected chi connectivity index (χ1v) is 10.8. The Hall–Kier alpha value is -2.17. The van der Waals surface area contributed by atoms with Gasteiger partial charge in [0.15, 0.2) is 0 Å². The van der Waals surface area contributed by atoms with Gasteiger partial charge in [0.25, 0.3) is 0 Å². The van der Waals surface area contributed by atoms with Crippen molar-refractivity contribution < 1.29 is 14.6 Å². The van der Waals surface area contributed by atoms with E-state index in [0.29, 0.717) is 35.2 Å². The number of aromatic nitrogens is 1. The van der Waals surface area contributed by atoms with Crippen LogP contribution in [-0.4, -0.2) is 54.4 Å². The van der Waals surface area contributed by atoms with Gasteiger partial charge in [0.05, 0.1) is 17.9 Å². The summed E-state index contributed by atoms with van der Waals surface area (Å²) in [6, 6.07) is 4.49. The topological polar surface area (TPSA) is 98.5 Å². The quantitative estimate of drug-likeness (QED) is 0.708. The minimum Gasteiger partial charge on any atom is -0.462 e. The van der Waals surface area contributed by atoms with Crippen molar-refractivity contribution in [3.05, 3.63) is 22.9 Å². The van der Waals surface area contributed by atoms with E-state index in [-0.39, 0.29) is 25.2 Å². The maximum Gasteiger partial charge on any atom is 0.341 e. The smallest absolute Gasteiger partial charge is 0.341 e. The highest BCUT2D eigenvalue weighted by atomic mass is 16.5. The van der Waals surface area contributed by atoms with E-state index in [1.807, 2.05) is 0 Å². The molecule has 1 saturated heterocycles. The SMILES string of the molecule is CCOC(=O)c1cc(C#N)c(C)nc1N1CCC(NC2CCCCC2)C(CO)C1. The number of aliphatic hydroxyl groups is 1. The standard InChI is InChI=1S/C22H32N4O3/c1-3-29-22(28)19-11-16(12-23)15(2)24-21(19)26-10-9-20(17(13-26)14-27)25-18-7-5-4-6-8-18/h11,17-18,20,25,27H,3-10,13-14H2,1-2H3. The van der Waals surface area contributed by atoms with Crippen LogP contribution in [0.25, 0.3) is 0 Å². The van der Waals surface area contributed by atoms with Crippen LogP contribution in [0.5, 0.6) is 0 Å². The Morgan fingerprint density at radius 3 is 2.79 bits per heavy atom. The van der Waals surface area contributed by atoms with Crippen LogP contribution in [0.1, 0.15) is 67.1 Å². The van der Waals surface area contributed by atoms with Crippen LogP contribution in [-0.2, 0) is 4.74 Å². The molecule has 2 N–H and O–H groups in total. The number of anilines is 1. The number of ether oxygens (including phenoxy) is 1. The first kappa shape index (κ1) is 21.5. The van der Waals surface area contributed by atoms with Gasteiger partial charge in [-0.25, -0.2) is 9.78 Å². The molecule has 1 aromatic heterocycles. The molecule has 0 aromatic carbocycles. The van der Waals surface area contributed by atoms with Gasteiger partial charge in [-0.3, -0.25) is 0 Å². The van der Waals surface area contributed by atoms with Gasteiger partial charge in [0, 0.05) is 37.7 Å². The van der Waals surface area contributed by atoms with E-state index in [1.165, 1.54) is 32.1 Å². The van der Waals surface area contributed by atoms with Crippen molar-refractivity contribution >= 4 is 11.8 Å². The molecule has 1 aliphatic carbocycles. The van der Waals surface area contributed by atoms with Crippen LogP contribution in [0.4, 0.5) is 5.82 Å². The van der Waals surface area contributed by atoms with E-state index in [9.17, 15) is 15.2 Å². The zero-order valence-corrected chi connectivity index (χ0v) is 17.5. The van der Waals surface area contributed by atoms with Crippen molar-refractivity contribution in [1.29, 1.82) is 5.26 Å². The molecule has 2 unspecified atom stereocenters. The highest BCUT2D eigenvalue weighted by molar-refractivity contribution is 5.95. The lowest BCUT2D eigenvalue weighted by atomic mass is 9.89. The molecule has 1 aromatic rings. The molecule has 7 heteroatoms. The van der Waals surface area contributed by atoms with Crippen LogP contribution in [0.2, 0.25) is 0 Å². The van der Waals surface area contributed by atoms with E-state index in [4.69, 9.17) is 4.74 Å². The fourth-order valence-corrected chi connectivity index (χ4v) is 4.51. The lowest BCUT2D eigenvalue weighted by molar-refractivity contribution is 0.0526. The molecule has 29 heavy (non-hydrogen) atoms. The van der Waals surface area contributed by atoms with E-state index >= 15 is 0 Å². The van der Waals surface area contributed by atoms with Crippen LogP contribution in [0.15, 0.2) is 6.07 Å². The van der Waals surface area contributed by atoms with Gasteiger partial charge in [-0.2, -0.15) is 5.26 Å². The summed E-state index contributed by atoms with van der Waals surface area (Å²) in [5.41, 5.74) is 1.30. The Morgan fingerprint density at radius 2 is 2.14 bits per heavy atom. The van der Waals surface area contributed by atoms with E-state index in [1.54, 1.807) is 19.9 Å². The summed E-state index contributed by atoms with van der Waals surface area (Å²) < 4.78 is 5.20. The molecule has 2 atom stereocenters. The van der Waals surface area contributed by atoms with Crippen molar-refractivity contribution in [2.24, 2.45) is 5.92 Å². The summed E-state index contributed by atoms with van der Waals surface area (Å²) in [6.45, 7) is 5.25. The molecule has 2 fully saturated rings. The normalized spacial score (nSPS) is 22.9. The molecule has 0 amide bonds. The van der Waals surface area contributed by atoms with Gasteiger partial charge in [-0.1, -0.05) is 19.3 Å². The number of aryl methyl sites for hydroxylation is 1. The number of hydrogen-bond donors (Lipinski definition) is 2. The van der Waals surface area contributed by atoms with E-state index in [2.05, 4.69) is 21.3 Å². The predicted molar refractivity (Wildman–Crippen MR) is 111 cm³/mol. The average Bonchev–Trinajstić information content (AvgIpc) is 2.74. The Labute approximate surface area is 173 Å². The number of nitrogens with zero attached hydrogens (tertiary/aromatic N) is 3. The maximum atomic E-state index is 12.5. The summed E-state index contributed by atoms with van der Waals surface area (Å²) in [5.74, 6) is 0.155. The fourth-order valence-electron chi connectivity index (χ4n) is 4.51. The van der Waals surface area contributed by atoms with Gasteiger partial charge < -0.3 is 20.1 Å². The molecular weight excluding hydrogens is 368 g/mol. The summed E-state index contributed by atoms with van der Waals surface area (Å²) in [5, 5.41) is 23.1. The molecule has 2 aliphatic rings. The molecule has 3 rings (SSSR count). The summed E-state index contributed by atoms with van der Waals surface area (Å²) in [7, 11) is 0. The second-order valence-corrected chi connectivity index (χ2v) is 8.11. The van der Waals surface area contributed by atoms with Crippen molar-refractivity contribution in [2.45, 2.75) is 64.5 Å². The maximum absolute atomic E-state index is 12.5. The number of rotatable bonds is 6. The van der Waals surface area contributed by atoms with Crippen LogP contribution in [0.3, 0.4) is 0 Å². The van der Waals surface area contributed by atoms with E-state index in [0.717, 1.165) is 13.0 Å². The molecule has 0 bridgehead atoms. The Morgan fingerprint density at radius 1 is 1.38 bits per heavy atom. The number of hydrogen-bond acceptors (Lipinski definition) is 7. The van der Waals surface area contributed by atoms with Crippen LogP contribution < -0.4 is 10.2 Å². The Kier molecular flexibility index (Phi) is 7.45. The Bertz CT molecular complexity index is 755. The number of piperidine rings is 1. The number of pyridine rings is 1. The first-order chi connectivity index (χ1) is 14.1. The number of carbonyl (C=O) groups is 1. The number of aliphatic hydroxyl groups excluding tert-OH is 1. The third kappa shape index (κ3) is 5.06. The molecule has 0 radical (unpaired) electrons. The summed E-state index contributed by atoms with van der Waals surface area (Å²) in [4.78, 5) is 19.1. The van der Waals surface area contributed by atoms with Gasteiger partial charge in [0.2, 0.25) is 0 Å². The van der Waals surface area contributed by atoms with Crippen molar-refractivity contribution in [1.82, 2.24) is 10.3 Å².